The molecule has 17 heavy (non-hydrogen) atoms. The van der Waals surface area contributed by atoms with Crippen LogP contribution < -0.4 is 9.62 Å². The zero-order valence-electron chi connectivity index (χ0n) is 10.1. The number of hydrogen-bond donors (Lipinski definition) is 1. The van der Waals surface area contributed by atoms with Gasteiger partial charge in [-0.05, 0) is 32.4 Å². The third-order valence-corrected chi connectivity index (χ3v) is 4.87. The third-order valence-electron chi connectivity index (χ3n) is 3.03. The summed E-state index contributed by atoms with van der Waals surface area (Å²) in [7, 11) is -1.78. The molecule has 0 aromatic carbocycles. The van der Waals surface area contributed by atoms with Crippen molar-refractivity contribution in [2.45, 2.75) is 25.8 Å². The molecule has 96 valence electrons. The van der Waals surface area contributed by atoms with Crippen molar-refractivity contribution in [1.82, 2.24) is 5.32 Å². The van der Waals surface area contributed by atoms with Crippen molar-refractivity contribution in [3.05, 3.63) is 17.9 Å². The van der Waals surface area contributed by atoms with Gasteiger partial charge in [0.05, 0.1) is 5.75 Å². The Balaban J connectivity index is 2.09. The summed E-state index contributed by atoms with van der Waals surface area (Å²) in [5.74, 6) is 1.21. The van der Waals surface area contributed by atoms with Crippen LogP contribution in [0.1, 0.15) is 18.6 Å². The zero-order chi connectivity index (χ0) is 12.5. The molecule has 0 saturated carbocycles. The zero-order valence-corrected chi connectivity index (χ0v) is 11.0. The molecule has 1 aromatic heterocycles. The highest BCUT2D eigenvalue weighted by Gasteiger charge is 2.27. The number of rotatable bonds is 4. The van der Waals surface area contributed by atoms with E-state index in [2.05, 4.69) is 5.32 Å². The Bertz CT molecular complexity index is 475. The normalized spacial score (nSPS) is 20.7. The molecule has 1 saturated heterocycles. The third kappa shape index (κ3) is 2.81. The molecule has 1 aliphatic heterocycles. The van der Waals surface area contributed by atoms with E-state index in [1.165, 1.54) is 11.4 Å². The largest absolute Gasteiger partial charge is 0.445 e. The number of aryl methyl sites for hydroxylation is 1. The van der Waals surface area contributed by atoms with Crippen LogP contribution in [-0.4, -0.2) is 33.8 Å². The highest BCUT2D eigenvalue weighted by atomic mass is 32.2. The van der Waals surface area contributed by atoms with Crippen LogP contribution in [0.25, 0.3) is 0 Å². The molecular formula is C11H18N2O3S. The Morgan fingerprint density at radius 2 is 2.29 bits per heavy atom. The molecule has 1 unspecified atom stereocenters. The van der Waals surface area contributed by atoms with Gasteiger partial charge in [0.25, 0.3) is 0 Å². The lowest BCUT2D eigenvalue weighted by molar-refractivity contribution is 0.531. The summed E-state index contributed by atoms with van der Waals surface area (Å²) in [5.41, 5.74) is 0. The van der Waals surface area contributed by atoms with Crippen LogP contribution in [0.4, 0.5) is 5.88 Å². The van der Waals surface area contributed by atoms with E-state index in [1.807, 2.05) is 0 Å². The van der Waals surface area contributed by atoms with Crippen molar-refractivity contribution in [2.75, 3.05) is 23.7 Å². The van der Waals surface area contributed by atoms with Crippen molar-refractivity contribution < 1.29 is 12.8 Å². The molecule has 0 spiro atoms. The standard InChI is InChI=1S/C11H18N2O3S/c1-9-5-6-11(16-9)13(2)17(14,15)8-10-4-3-7-12-10/h5-6,10,12H,3-4,7-8H2,1-2H3. The Morgan fingerprint density at radius 1 is 1.53 bits per heavy atom. The van der Waals surface area contributed by atoms with Gasteiger partial charge >= 0.3 is 0 Å². The second-order valence-corrected chi connectivity index (χ2v) is 6.47. The van der Waals surface area contributed by atoms with Crippen LogP contribution in [0.3, 0.4) is 0 Å². The van der Waals surface area contributed by atoms with Crippen molar-refractivity contribution in [2.24, 2.45) is 0 Å². The smallest absolute Gasteiger partial charge is 0.238 e. The van der Waals surface area contributed by atoms with Crippen molar-refractivity contribution >= 4 is 15.9 Å². The van der Waals surface area contributed by atoms with Crippen molar-refractivity contribution in [1.29, 1.82) is 0 Å². The minimum Gasteiger partial charge on any atom is -0.445 e. The molecule has 1 fully saturated rings. The van der Waals surface area contributed by atoms with Gasteiger partial charge in [-0.25, -0.2) is 12.7 Å². The minimum absolute atomic E-state index is 0.0681. The van der Waals surface area contributed by atoms with E-state index in [0.717, 1.165) is 19.4 Å². The predicted octanol–water partition coefficient (Wildman–Crippen LogP) is 1.11. The van der Waals surface area contributed by atoms with Crippen LogP contribution in [0.5, 0.6) is 0 Å². The summed E-state index contributed by atoms with van der Waals surface area (Å²) in [6.07, 6.45) is 1.97. The number of furan rings is 1. The first-order valence-electron chi connectivity index (χ1n) is 5.75. The van der Waals surface area contributed by atoms with E-state index >= 15 is 0 Å². The highest BCUT2D eigenvalue weighted by molar-refractivity contribution is 7.92. The number of nitrogens with zero attached hydrogens (tertiary/aromatic N) is 1. The van der Waals surface area contributed by atoms with Gasteiger partial charge in [-0.3, -0.25) is 0 Å². The summed E-state index contributed by atoms with van der Waals surface area (Å²) >= 11 is 0. The van der Waals surface area contributed by atoms with E-state index in [4.69, 9.17) is 4.42 Å². The minimum atomic E-state index is -3.31. The molecular weight excluding hydrogens is 240 g/mol. The predicted molar refractivity (Wildman–Crippen MR) is 66.7 cm³/mol. The fourth-order valence-corrected chi connectivity index (χ4v) is 3.38. The molecule has 1 N–H and O–H groups in total. The van der Waals surface area contributed by atoms with Gasteiger partial charge in [0, 0.05) is 19.2 Å². The van der Waals surface area contributed by atoms with Crippen LogP contribution in [-0.2, 0) is 10.0 Å². The lowest BCUT2D eigenvalue weighted by Gasteiger charge is -2.19. The second-order valence-electron chi connectivity index (χ2n) is 4.42. The number of sulfonamides is 1. The molecule has 0 radical (unpaired) electrons. The summed E-state index contributed by atoms with van der Waals surface area (Å²) < 4.78 is 30.8. The Hall–Kier alpha value is -1.01. The molecule has 2 rings (SSSR count). The first kappa shape index (κ1) is 12.4. The molecule has 1 atom stereocenters. The molecule has 0 aliphatic carbocycles. The van der Waals surface area contributed by atoms with Gasteiger partial charge in [-0.15, -0.1) is 0 Å². The Kier molecular flexibility index (Phi) is 3.44. The summed E-state index contributed by atoms with van der Waals surface area (Å²) in [6, 6.07) is 3.50. The van der Waals surface area contributed by atoms with Gasteiger partial charge in [0.15, 0.2) is 0 Å². The van der Waals surface area contributed by atoms with E-state index < -0.39 is 10.0 Å². The monoisotopic (exact) mass is 258 g/mol. The fourth-order valence-electron chi connectivity index (χ4n) is 1.99. The van der Waals surface area contributed by atoms with Crippen molar-refractivity contribution in [3.63, 3.8) is 0 Å². The highest BCUT2D eigenvalue weighted by Crippen LogP contribution is 2.20. The fraction of sp³-hybridized carbons (Fsp3) is 0.636. The molecule has 5 nitrogen and oxygen atoms in total. The maximum absolute atomic E-state index is 12.1. The van der Waals surface area contributed by atoms with Gasteiger partial charge < -0.3 is 9.73 Å². The van der Waals surface area contributed by atoms with Crippen LogP contribution >= 0.6 is 0 Å². The van der Waals surface area contributed by atoms with Gasteiger partial charge in [0.2, 0.25) is 15.9 Å². The van der Waals surface area contributed by atoms with E-state index in [9.17, 15) is 8.42 Å². The van der Waals surface area contributed by atoms with E-state index in [0.29, 0.717) is 11.6 Å². The van der Waals surface area contributed by atoms with Crippen LogP contribution in [0.15, 0.2) is 16.5 Å². The average molecular weight is 258 g/mol. The molecule has 1 aromatic rings. The summed E-state index contributed by atoms with van der Waals surface area (Å²) in [4.78, 5) is 0. The maximum Gasteiger partial charge on any atom is 0.238 e. The number of anilines is 1. The maximum atomic E-state index is 12.1. The first-order chi connectivity index (χ1) is 7.99. The topological polar surface area (TPSA) is 62.6 Å². The summed E-state index contributed by atoms with van der Waals surface area (Å²) in [5, 5.41) is 3.19. The summed E-state index contributed by atoms with van der Waals surface area (Å²) in [6.45, 7) is 2.70. The van der Waals surface area contributed by atoms with Crippen molar-refractivity contribution in [3.8, 4) is 0 Å². The Morgan fingerprint density at radius 3 is 2.82 bits per heavy atom. The molecule has 0 bridgehead atoms. The Labute approximate surface area is 102 Å². The molecule has 6 heteroatoms. The van der Waals surface area contributed by atoms with E-state index in [-0.39, 0.29) is 11.8 Å². The van der Waals surface area contributed by atoms with Gasteiger partial charge in [0.1, 0.15) is 5.76 Å². The molecule has 1 aliphatic rings. The van der Waals surface area contributed by atoms with Gasteiger partial charge in [-0.2, -0.15) is 0 Å². The molecule has 0 amide bonds. The van der Waals surface area contributed by atoms with Crippen LogP contribution in [0, 0.1) is 6.92 Å². The average Bonchev–Trinajstić information content (AvgIpc) is 2.88. The SMILES string of the molecule is Cc1ccc(N(C)S(=O)(=O)CC2CCCN2)o1. The lowest BCUT2D eigenvalue weighted by atomic mass is 10.3. The number of hydrogen-bond acceptors (Lipinski definition) is 4. The van der Waals surface area contributed by atoms with Gasteiger partial charge in [-0.1, -0.05) is 0 Å². The number of nitrogens with one attached hydrogen (secondary N) is 1. The first-order valence-corrected chi connectivity index (χ1v) is 7.36. The second kappa shape index (κ2) is 4.70. The quantitative estimate of drug-likeness (QED) is 0.878. The van der Waals surface area contributed by atoms with E-state index in [1.54, 1.807) is 19.1 Å². The molecule has 2 heterocycles. The lowest BCUT2D eigenvalue weighted by Crippen LogP contribution is -2.37. The van der Waals surface area contributed by atoms with Crippen LogP contribution in [0.2, 0.25) is 0 Å².